The number of aliphatic hydroxyl groups excluding tert-OH is 1. The van der Waals surface area contributed by atoms with Gasteiger partial charge in [-0.25, -0.2) is 0 Å². The van der Waals surface area contributed by atoms with E-state index in [9.17, 15) is 4.79 Å². The van der Waals surface area contributed by atoms with Crippen LogP contribution in [0.15, 0.2) is 18.2 Å². The predicted octanol–water partition coefficient (Wildman–Crippen LogP) is 1.70. The van der Waals surface area contributed by atoms with Gasteiger partial charge < -0.3 is 15.2 Å². The molecule has 1 aromatic rings. The maximum atomic E-state index is 12.1. The number of nitrogens with one attached hydrogen (secondary N) is 1. The highest BCUT2D eigenvalue weighted by Crippen LogP contribution is 2.22. The van der Waals surface area contributed by atoms with Crippen LogP contribution in [0.25, 0.3) is 0 Å². The van der Waals surface area contributed by atoms with Gasteiger partial charge in [0, 0.05) is 17.9 Å². The van der Waals surface area contributed by atoms with Crippen molar-refractivity contribution in [2.45, 2.75) is 26.4 Å². The number of hydrogen-bond acceptors (Lipinski definition) is 3. The molecular formula is C16H19NO3. The Morgan fingerprint density at radius 3 is 3.00 bits per heavy atom. The predicted molar refractivity (Wildman–Crippen MR) is 77.3 cm³/mol. The normalized spacial score (nSPS) is 21.1. The number of benzene rings is 1. The van der Waals surface area contributed by atoms with Gasteiger partial charge in [0.05, 0.1) is 0 Å². The number of hydrogen-bond donors (Lipinski definition) is 2. The average molecular weight is 273 g/mol. The van der Waals surface area contributed by atoms with Crippen molar-refractivity contribution in [3.63, 3.8) is 0 Å². The van der Waals surface area contributed by atoms with Crippen molar-refractivity contribution in [1.29, 1.82) is 0 Å². The van der Waals surface area contributed by atoms with Crippen molar-refractivity contribution >= 4 is 11.6 Å². The van der Waals surface area contributed by atoms with Crippen LogP contribution in [0.2, 0.25) is 0 Å². The number of amides is 1. The molecule has 1 aromatic carbocycles. The minimum absolute atomic E-state index is 0.111. The first-order valence-corrected chi connectivity index (χ1v) is 6.74. The minimum atomic E-state index is -0.372. The molecule has 0 spiro atoms. The second-order valence-corrected chi connectivity index (χ2v) is 5.04. The van der Waals surface area contributed by atoms with Crippen molar-refractivity contribution < 1.29 is 14.6 Å². The number of aryl methyl sites for hydroxylation is 1. The Morgan fingerprint density at radius 1 is 1.55 bits per heavy atom. The Balaban J connectivity index is 2.11. The van der Waals surface area contributed by atoms with Gasteiger partial charge in [-0.05, 0) is 37.0 Å². The molecule has 1 saturated heterocycles. The van der Waals surface area contributed by atoms with Crippen molar-refractivity contribution in [3.05, 3.63) is 29.3 Å². The molecule has 1 fully saturated rings. The van der Waals surface area contributed by atoms with E-state index in [2.05, 4.69) is 17.2 Å². The maximum absolute atomic E-state index is 12.1. The van der Waals surface area contributed by atoms with Crippen molar-refractivity contribution in [1.82, 2.24) is 0 Å². The zero-order chi connectivity index (χ0) is 14.5. The van der Waals surface area contributed by atoms with Gasteiger partial charge in [-0.1, -0.05) is 24.8 Å². The summed E-state index contributed by atoms with van der Waals surface area (Å²) in [6.45, 7) is 4.42. The summed E-state index contributed by atoms with van der Waals surface area (Å²) in [5.41, 5.74) is 2.51. The monoisotopic (exact) mass is 273 g/mol. The Morgan fingerprint density at radius 2 is 2.35 bits per heavy atom. The Kier molecular flexibility index (Phi) is 4.78. The summed E-state index contributed by atoms with van der Waals surface area (Å²) >= 11 is 0. The van der Waals surface area contributed by atoms with Gasteiger partial charge >= 0.3 is 0 Å². The number of ether oxygens (including phenoxy) is 1. The van der Waals surface area contributed by atoms with Crippen LogP contribution in [0, 0.1) is 24.7 Å². The molecule has 1 amide bonds. The third-order valence-corrected chi connectivity index (χ3v) is 3.45. The van der Waals surface area contributed by atoms with Crippen LogP contribution in [0.5, 0.6) is 0 Å². The average Bonchev–Trinajstić information content (AvgIpc) is 2.85. The van der Waals surface area contributed by atoms with E-state index >= 15 is 0 Å². The first-order valence-electron chi connectivity index (χ1n) is 6.74. The zero-order valence-electron chi connectivity index (χ0n) is 11.8. The van der Waals surface area contributed by atoms with Gasteiger partial charge in [-0.3, -0.25) is 4.79 Å². The molecule has 1 aliphatic heterocycles. The fourth-order valence-corrected chi connectivity index (χ4v) is 2.21. The van der Waals surface area contributed by atoms with Gasteiger partial charge in [-0.2, -0.15) is 0 Å². The summed E-state index contributed by atoms with van der Waals surface area (Å²) in [7, 11) is 0. The second kappa shape index (κ2) is 6.56. The molecule has 2 N–H and O–H groups in total. The van der Waals surface area contributed by atoms with Gasteiger partial charge in [-0.15, -0.1) is 0 Å². The summed E-state index contributed by atoms with van der Waals surface area (Å²) in [4.78, 5) is 12.1. The van der Waals surface area contributed by atoms with Crippen LogP contribution in [0.4, 0.5) is 5.69 Å². The lowest BCUT2D eigenvalue weighted by Crippen LogP contribution is -2.31. The number of anilines is 1. The lowest BCUT2D eigenvalue weighted by Gasteiger charge is -2.15. The molecule has 2 unspecified atom stereocenters. The van der Waals surface area contributed by atoms with Crippen LogP contribution in [-0.2, 0) is 9.53 Å². The number of carbonyl (C=O) groups excluding carboxylic acids is 1. The highest BCUT2D eigenvalue weighted by molar-refractivity contribution is 5.94. The highest BCUT2D eigenvalue weighted by atomic mass is 16.5. The van der Waals surface area contributed by atoms with Crippen LogP contribution in [0.3, 0.4) is 0 Å². The molecule has 0 bridgehead atoms. The molecular weight excluding hydrogens is 254 g/mol. The third-order valence-electron chi connectivity index (χ3n) is 3.45. The molecule has 1 heterocycles. The molecule has 1 aliphatic rings. The van der Waals surface area contributed by atoms with Crippen molar-refractivity contribution in [3.8, 4) is 11.8 Å². The van der Waals surface area contributed by atoms with Gasteiger partial charge in [0.15, 0.2) is 0 Å². The Bertz CT molecular complexity index is 557. The number of aliphatic hydroxyl groups is 1. The molecule has 0 aliphatic carbocycles. The molecule has 106 valence electrons. The first kappa shape index (κ1) is 14.6. The SMILES string of the molecule is Cc1ccc(NC(=O)C2OCCC2C)cc1C#CCO. The van der Waals surface area contributed by atoms with Crippen LogP contribution in [0.1, 0.15) is 24.5 Å². The Labute approximate surface area is 119 Å². The maximum Gasteiger partial charge on any atom is 0.253 e. The first-order chi connectivity index (χ1) is 9.61. The third kappa shape index (κ3) is 3.38. The molecule has 0 radical (unpaired) electrons. The van der Waals surface area contributed by atoms with Crippen molar-refractivity contribution in [2.24, 2.45) is 5.92 Å². The van der Waals surface area contributed by atoms with Gasteiger partial charge in [0.25, 0.3) is 5.91 Å². The smallest absolute Gasteiger partial charge is 0.253 e. The summed E-state index contributed by atoms with van der Waals surface area (Å²) in [5.74, 6) is 5.62. The van der Waals surface area contributed by atoms with Gasteiger partial charge in [0.2, 0.25) is 0 Å². The largest absolute Gasteiger partial charge is 0.384 e. The standard InChI is InChI=1S/C16H19NO3/c1-11-5-6-14(10-13(11)4-3-8-18)17-16(19)15-12(2)7-9-20-15/h5-6,10,12,15,18H,7-9H2,1-2H3,(H,17,19). The summed E-state index contributed by atoms with van der Waals surface area (Å²) in [6, 6.07) is 5.56. The lowest BCUT2D eigenvalue weighted by molar-refractivity contribution is -0.126. The second-order valence-electron chi connectivity index (χ2n) is 5.04. The fourth-order valence-electron chi connectivity index (χ4n) is 2.21. The van der Waals surface area contributed by atoms with Crippen molar-refractivity contribution in [2.75, 3.05) is 18.5 Å². The van der Waals surface area contributed by atoms with E-state index in [0.29, 0.717) is 12.3 Å². The molecule has 2 atom stereocenters. The minimum Gasteiger partial charge on any atom is -0.384 e. The molecule has 0 saturated carbocycles. The highest BCUT2D eigenvalue weighted by Gasteiger charge is 2.30. The van der Waals surface area contributed by atoms with E-state index in [1.807, 2.05) is 32.0 Å². The topological polar surface area (TPSA) is 58.6 Å². The van der Waals surface area contributed by atoms with E-state index in [4.69, 9.17) is 9.84 Å². The van der Waals surface area contributed by atoms with Gasteiger partial charge in [0.1, 0.15) is 12.7 Å². The molecule has 20 heavy (non-hydrogen) atoms. The van der Waals surface area contributed by atoms with Crippen LogP contribution in [-0.4, -0.2) is 30.3 Å². The van der Waals surface area contributed by atoms with Crippen LogP contribution >= 0.6 is 0 Å². The molecule has 4 heteroatoms. The summed E-state index contributed by atoms with van der Waals surface area (Å²) in [5, 5.41) is 11.6. The summed E-state index contributed by atoms with van der Waals surface area (Å²) < 4.78 is 5.45. The molecule has 2 rings (SSSR count). The number of rotatable bonds is 2. The lowest BCUT2D eigenvalue weighted by atomic mass is 10.0. The van der Waals surface area contributed by atoms with E-state index < -0.39 is 0 Å². The van der Waals surface area contributed by atoms with Crippen LogP contribution < -0.4 is 5.32 Å². The van der Waals surface area contributed by atoms with E-state index in [-0.39, 0.29) is 24.5 Å². The number of carbonyl (C=O) groups is 1. The molecule has 4 nitrogen and oxygen atoms in total. The molecule has 0 aromatic heterocycles. The Hall–Kier alpha value is -1.83. The summed E-state index contributed by atoms with van der Waals surface area (Å²) in [6.07, 6.45) is 0.544. The zero-order valence-corrected chi connectivity index (χ0v) is 11.8. The fraction of sp³-hybridized carbons (Fsp3) is 0.438. The van der Waals surface area contributed by atoms with E-state index in [1.165, 1.54) is 0 Å². The van der Waals surface area contributed by atoms with E-state index in [0.717, 1.165) is 17.5 Å². The van der Waals surface area contributed by atoms with E-state index in [1.54, 1.807) is 0 Å². The quantitative estimate of drug-likeness (QED) is 0.806.